The third-order valence-corrected chi connectivity index (χ3v) is 1.70. The summed E-state index contributed by atoms with van der Waals surface area (Å²) in [4.78, 5) is 0. The average Bonchev–Trinajstić information content (AvgIpc) is 2.07. The van der Waals surface area contributed by atoms with Gasteiger partial charge >= 0.3 is 0 Å². The standard InChI is InChI=1S/C9H9OP/c10-11-8-4-7-9-5-2-1-3-6-9/h1-6,8H,7H2. The lowest BCUT2D eigenvalue weighted by Gasteiger charge is -1.91. The molecule has 1 aromatic carbocycles. The maximum Gasteiger partial charge on any atom is 0.183 e. The third-order valence-electron chi connectivity index (χ3n) is 1.36. The lowest BCUT2D eigenvalue weighted by molar-refractivity contribution is 0.602. The minimum Gasteiger partial charge on any atom is -0.270 e. The van der Waals surface area contributed by atoms with Crippen molar-refractivity contribution in [3.63, 3.8) is 0 Å². The highest BCUT2D eigenvalue weighted by Gasteiger charge is 1.84. The molecule has 0 aliphatic carbocycles. The van der Waals surface area contributed by atoms with Gasteiger partial charge in [-0.2, -0.15) is 0 Å². The molecule has 0 unspecified atom stereocenters. The van der Waals surface area contributed by atoms with E-state index >= 15 is 0 Å². The zero-order valence-electron chi connectivity index (χ0n) is 6.10. The van der Waals surface area contributed by atoms with Crippen molar-refractivity contribution in [2.75, 3.05) is 0 Å². The first kappa shape index (κ1) is 8.16. The van der Waals surface area contributed by atoms with E-state index in [1.807, 2.05) is 36.4 Å². The average molecular weight is 164 g/mol. The molecule has 0 atom stereocenters. The number of allylic oxidation sites excluding steroid dienone is 1. The van der Waals surface area contributed by atoms with E-state index in [1.165, 1.54) is 5.56 Å². The molecule has 1 rings (SSSR count). The molecule has 0 fully saturated rings. The SMILES string of the molecule is O=PC=CCc1ccccc1. The fraction of sp³-hybridized carbons (Fsp3) is 0.111. The lowest BCUT2D eigenvalue weighted by atomic mass is 10.2. The van der Waals surface area contributed by atoms with Crippen LogP contribution in [-0.4, -0.2) is 0 Å². The van der Waals surface area contributed by atoms with Crippen LogP contribution in [0.5, 0.6) is 0 Å². The van der Waals surface area contributed by atoms with E-state index in [0.29, 0.717) is 0 Å². The van der Waals surface area contributed by atoms with Crippen molar-refractivity contribution in [3.8, 4) is 0 Å². The summed E-state index contributed by atoms with van der Waals surface area (Å²) >= 11 is 0. The highest BCUT2D eigenvalue weighted by molar-refractivity contribution is 7.27. The number of benzene rings is 1. The predicted octanol–water partition coefficient (Wildman–Crippen LogP) is 3.03. The molecule has 1 nitrogen and oxygen atoms in total. The Bertz CT molecular complexity index is 241. The molecule has 0 amide bonds. The molecule has 11 heavy (non-hydrogen) atoms. The fourth-order valence-corrected chi connectivity index (χ4v) is 1.04. The van der Waals surface area contributed by atoms with Gasteiger partial charge in [-0.15, -0.1) is 0 Å². The van der Waals surface area contributed by atoms with Gasteiger partial charge in [0.1, 0.15) is 0 Å². The number of hydrogen-bond acceptors (Lipinski definition) is 1. The van der Waals surface area contributed by atoms with Gasteiger partial charge < -0.3 is 0 Å². The molecule has 56 valence electrons. The van der Waals surface area contributed by atoms with Crippen LogP contribution in [0.15, 0.2) is 42.2 Å². The van der Waals surface area contributed by atoms with E-state index < -0.39 is 0 Å². The van der Waals surface area contributed by atoms with E-state index in [4.69, 9.17) is 0 Å². The van der Waals surface area contributed by atoms with Gasteiger partial charge in [0.25, 0.3) is 0 Å². The molecule has 0 aliphatic heterocycles. The van der Waals surface area contributed by atoms with Crippen LogP contribution in [0, 0.1) is 0 Å². The van der Waals surface area contributed by atoms with Crippen molar-refractivity contribution in [2.45, 2.75) is 6.42 Å². The van der Waals surface area contributed by atoms with Crippen LogP contribution < -0.4 is 0 Å². The van der Waals surface area contributed by atoms with Gasteiger partial charge in [0.15, 0.2) is 8.46 Å². The molecule has 0 bridgehead atoms. The maximum atomic E-state index is 10.0. The molecule has 2 heteroatoms. The number of rotatable bonds is 3. The van der Waals surface area contributed by atoms with Crippen molar-refractivity contribution >= 4 is 8.46 Å². The van der Waals surface area contributed by atoms with Crippen LogP contribution in [0.3, 0.4) is 0 Å². The molecule has 0 spiro atoms. The fourth-order valence-electron chi connectivity index (χ4n) is 0.846. The highest BCUT2D eigenvalue weighted by Crippen LogP contribution is 2.02. The molecular formula is C9H9OP. The minimum atomic E-state index is 0.0846. The van der Waals surface area contributed by atoms with E-state index in [0.717, 1.165) is 6.42 Å². The van der Waals surface area contributed by atoms with Gasteiger partial charge in [0.2, 0.25) is 0 Å². The Kier molecular flexibility index (Phi) is 3.57. The van der Waals surface area contributed by atoms with Crippen LogP contribution in [0.25, 0.3) is 0 Å². The smallest absolute Gasteiger partial charge is 0.183 e. The van der Waals surface area contributed by atoms with E-state index in [2.05, 4.69) is 0 Å². The first-order chi connectivity index (χ1) is 5.43. The molecule has 0 radical (unpaired) electrons. The van der Waals surface area contributed by atoms with Crippen LogP contribution in [-0.2, 0) is 11.0 Å². The van der Waals surface area contributed by atoms with E-state index in [9.17, 15) is 4.57 Å². The molecular weight excluding hydrogens is 155 g/mol. The Morgan fingerprint density at radius 3 is 2.64 bits per heavy atom. The van der Waals surface area contributed by atoms with Gasteiger partial charge in [0, 0.05) is 5.82 Å². The van der Waals surface area contributed by atoms with Crippen LogP contribution in [0.1, 0.15) is 5.56 Å². The van der Waals surface area contributed by atoms with Crippen molar-refractivity contribution in [1.82, 2.24) is 0 Å². The van der Waals surface area contributed by atoms with Gasteiger partial charge in [-0.05, 0) is 12.0 Å². The molecule has 0 saturated heterocycles. The monoisotopic (exact) mass is 164 g/mol. The zero-order chi connectivity index (χ0) is 7.94. The van der Waals surface area contributed by atoms with Gasteiger partial charge in [-0.1, -0.05) is 36.4 Å². The van der Waals surface area contributed by atoms with Crippen molar-refractivity contribution in [3.05, 3.63) is 47.8 Å². The Hall–Kier alpha value is -0.940. The van der Waals surface area contributed by atoms with Gasteiger partial charge in [-0.3, -0.25) is 4.57 Å². The summed E-state index contributed by atoms with van der Waals surface area (Å²) in [6.45, 7) is 0. The first-order valence-corrected chi connectivity index (χ1v) is 4.33. The van der Waals surface area contributed by atoms with Gasteiger partial charge in [0.05, 0.1) is 0 Å². The minimum absolute atomic E-state index is 0.0846. The summed E-state index contributed by atoms with van der Waals surface area (Å²) in [6.07, 6.45) is 2.75. The van der Waals surface area contributed by atoms with E-state index in [1.54, 1.807) is 5.82 Å². The summed E-state index contributed by atoms with van der Waals surface area (Å²) in [6, 6.07) is 10.1. The highest BCUT2D eigenvalue weighted by atomic mass is 31.1. The normalized spacial score (nSPS) is 10.9. The molecule has 0 aliphatic rings. The third kappa shape index (κ3) is 3.10. The summed E-state index contributed by atoms with van der Waals surface area (Å²) in [5.74, 6) is 1.62. The molecule has 0 heterocycles. The van der Waals surface area contributed by atoms with Crippen LogP contribution in [0.4, 0.5) is 0 Å². The molecule has 0 aromatic heterocycles. The quantitative estimate of drug-likeness (QED) is 0.627. The largest absolute Gasteiger partial charge is 0.270 e. The van der Waals surface area contributed by atoms with Crippen LogP contribution in [0.2, 0.25) is 0 Å². The summed E-state index contributed by atoms with van der Waals surface area (Å²) in [5.41, 5.74) is 1.24. The zero-order valence-corrected chi connectivity index (χ0v) is 7.00. The van der Waals surface area contributed by atoms with Crippen LogP contribution >= 0.6 is 8.46 Å². The Morgan fingerprint density at radius 1 is 1.27 bits per heavy atom. The van der Waals surface area contributed by atoms with Crippen molar-refractivity contribution in [1.29, 1.82) is 0 Å². The number of hydrogen-bond donors (Lipinski definition) is 0. The Morgan fingerprint density at radius 2 is 2.00 bits per heavy atom. The second-order valence-corrected chi connectivity index (χ2v) is 2.69. The first-order valence-electron chi connectivity index (χ1n) is 3.45. The second kappa shape index (κ2) is 4.81. The Labute approximate surface area is 68.0 Å². The maximum absolute atomic E-state index is 10.0. The summed E-state index contributed by atoms with van der Waals surface area (Å²) in [7, 11) is 0.0846. The van der Waals surface area contributed by atoms with E-state index in [-0.39, 0.29) is 8.46 Å². The Balaban J connectivity index is 2.51. The summed E-state index contributed by atoms with van der Waals surface area (Å²) < 4.78 is 10.0. The summed E-state index contributed by atoms with van der Waals surface area (Å²) in [5, 5.41) is 0. The molecule has 0 N–H and O–H groups in total. The molecule has 1 aromatic rings. The topological polar surface area (TPSA) is 17.1 Å². The predicted molar refractivity (Wildman–Crippen MR) is 46.9 cm³/mol. The van der Waals surface area contributed by atoms with Gasteiger partial charge in [-0.25, -0.2) is 0 Å². The van der Waals surface area contributed by atoms with Crippen molar-refractivity contribution < 1.29 is 4.57 Å². The second-order valence-electron chi connectivity index (χ2n) is 2.18. The lowest BCUT2D eigenvalue weighted by Crippen LogP contribution is -1.76. The molecule has 0 saturated carbocycles. The van der Waals surface area contributed by atoms with Crippen molar-refractivity contribution in [2.24, 2.45) is 0 Å².